The largest absolute Gasteiger partial charge is 0.396 e. The second-order valence-corrected chi connectivity index (χ2v) is 4.77. The number of hydrogen-bond donors (Lipinski definition) is 1. The zero-order valence-corrected chi connectivity index (χ0v) is 10.5. The third kappa shape index (κ3) is 2.43. The average molecular weight is 236 g/mol. The minimum atomic E-state index is -0.0680. The van der Waals surface area contributed by atoms with Gasteiger partial charge in [0.2, 0.25) is 0 Å². The number of carbonyl (C=O) groups excluding carboxylic acids is 1. The topological polar surface area (TPSA) is 64.2 Å². The molecule has 5 nitrogen and oxygen atoms in total. The van der Waals surface area contributed by atoms with E-state index in [1.807, 2.05) is 14.0 Å². The van der Waals surface area contributed by atoms with Gasteiger partial charge in [0.05, 0.1) is 5.69 Å². The standard InChI is InChI=1S/C12H20N4O/c1-3-16-8-10(13)11(14-16)12(17)15(2)7-9-5-4-6-9/h8-9H,3-7,13H2,1-2H3. The summed E-state index contributed by atoms with van der Waals surface area (Å²) in [5, 5.41) is 4.20. The summed E-state index contributed by atoms with van der Waals surface area (Å²) in [6, 6.07) is 0. The lowest BCUT2D eigenvalue weighted by Crippen LogP contribution is -2.34. The molecule has 1 heterocycles. The Morgan fingerprint density at radius 2 is 2.35 bits per heavy atom. The first-order chi connectivity index (χ1) is 8.11. The number of carbonyl (C=O) groups is 1. The Hall–Kier alpha value is -1.52. The van der Waals surface area contributed by atoms with Crippen LogP contribution >= 0.6 is 0 Å². The molecule has 1 aromatic heterocycles. The van der Waals surface area contributed by atoms with Gasteiger partial charge in [-0.1, -0.05) is 6.42 Å². The van der Waals surface area contributed by atoms with Gasteiger partial charge in [-0.05, 0) is 25.7 Å². The van der Waals surface area contributed by atoms with Crippen molar-refractivity contribution in [3.05, 3.63) is 11.9 Å². The van der Waals surface area contributed by atoms with Crippen LogP contribution in [0.4, 0.5) is 5.69 Å². The van der Waals surface area contributed by atoms with Crippen LogP contribution in [0, 0.1) is 5.92 Å². The van der Waals surface area contributed by atoms with Crippen molar-refractivity contribution in [3.8, 4) is 0 Å². The maximum absolute atomic E-state index is 12.1. The van der Waals surface area contributed by atoms with E-state index in [4.69, 9.17) is 5.73 Å². The predicted molar refractivity (Wildman–Crippen MR) is 66.6 cm³/mol. The molecular weight excluding hydrogens is 216 g/mol. The molecule has 0 atom stereocenters. The van der Waals surface area contributed by atoms with E-state index in [9.17, 15) is 4.79 Å². The summed E-state index contributed by atoms with van der Waals surface area (Å²) in [6.07, 6.45) is 5.47. The van der Waals surface area contributed by atoms with Crippen molar-refractivity contribution in [2.75, 3.05) is 19.3 Å². The predicted octanol–water partition coefficient (Wildman–Crippen LogP) is 1.36. The Labute approximate surface area is 102 Å². The van der Waals surface area contributed by atoms with Gasteiger partial charge in [0.1, 0.15) is 0 Å². The number of aromatic nitrogens is 2. The molecule has 0 spiro atoms. The summed E-state index contributed by atoms with van der Waals surface area (Å²) in [5.74, 6) is 0.597. The molecule has 0 bridgehead atoms. The Bertz CT molecular complexity index is 409. The van der Waals surface area contributed by atoms with Crippen LogP contribution in [0.1, 0.15) is 36.7 Å². The molecule has 1 aliphatic carbocycles. The fraction of sp³-hybridized carbons (Fsp3) is 0.667. The van der Waals surface area contributed by atoms with E-state index < -0.39 is 0 Å². The smallest absolute Gasteiger partial charge is 0.276 e. The van der Waals surface area contributed by atoms with E-state index in [-0.39, 0.29) is 5.91 Å². The summed E-state index contributed by atoms with van der Waals surface area (Å²) >= 11 is 0. The first-order valence-corrected chi connectivity index (χ1v) is 6.20. The molecule has 17 heavy (non-hydrogen) atoms. The third-order valence-electron chi connectivity index (χ3n) is 3.42. The maximum atomic E-state index is 12.1. The van der Waals surface area contributed by atoms with Crippen molar-refractivity contribution in [1.82, 2.24) is 14.7 Å². The molecule has 0 saturated heterocycles. The molecule has 1 amide bonds. The lowest BCUT2D eigenvalue weighted by molar-refractivity contribution is 0.0739. The summed E-state index contributed by atoms with van der Waals surface area (Å²) in [7, 11) is 1.82. The molecule has 2 N–H and O–H groups in total. The first-order valence-electron chi connectivity index (χ1n) is 6.20. The number of amides is 1. The van der Waals surface area contributed by atoms with Crippen LogP contribution in [0.3, 0.4) is 0 Å². The number of nitrogens with zero attached hydrogens (tertiary/aromatic N) is 3. The highest BCUT2D eigenvalue weighted by Gasteiger charge is 2.24. The monoisotopic (exact) mass is 236 g/mol. The summed E-state index contributed by atoms with van der Waals surface area (Å²) in [6.45, 7) is 3.51. The van der Waals surface area contributed by atoms with Crippen LogP contribution in [-0.4, -0.2) is 34.2 Å². The van der Waals surface area contributed by atoms with E-state index in [0.717, 1.165) is 13.1 Å². The summed E-state index contributed by atoms with van der Waals surface area (Å²) in [5.41, 5.74) is 6.65. The highest BCUT2D eigenvalue weighted by molar-refractivity contribution is 5.96. The van der Waals surface area contributed by atoms with Crippen LogP contribution in [0.5, 0.6) is 0 Å². The Morgan fingerprint density at radius 3 is 2.82 bits per heavy atom. The van der Waals surface area contributed by atoms with E-state index in [0.29, 0.717) is 17.3 Å². The van der Waals surface area contributed by atoms with Crippen LogP contribution in [-0.2, 0) is 6.54 Å². The number of anilines is 1. The Balaban J connectivity index is 2.03. The zero-order valence-electron chi connectivity index (χ0n) is 10.5. The number of nitrogen functional groups attached to an aromatic ring is 1. The lowest BCUT2D eigenvalue weighted by atomic mass is 9.85. The SMILES string of the molecule is CCn1cc(N)c(C(=O)N(C)CC2CCC2)n1. The minimum absolute atomic E-state index is 0.0680. The van der Waals surface area contributed by atoms with E-state index in [1.165, 1.54) is 19.3 Å². The number of rotatable bonds is 4. The number of nitrogens with two attached hydrogens (primary N) is 1. The molecule has 94 valence electrons. The molecular formula is C12H20N4O. The lowest BCUT2D eigenvalue weighted by Gasteiger charge is -2.29. The molecule has 5 heteroatoms. The quantitative estimate of drug-likeness (QED) is 0.858. The van der Waals surface area contributed by atoms with Gasteiger partial charge in [0.25, 0.3) is 5.91 Å². The Morgan fingerprint density at radius 1 is 1.65 bits per heavy atom. The normalized spacial score (nSPS) is 15.6. The van der Waals surface area contributed by atoms with Gasteiger partial charge in [-0.15, -0.1) is 0 Å². The molecule has 0 aromatic carbocycles. The fourth-order valence-electron chi connectivity index (χ4n) is 2.09. The Kier molecular flexibility index (Phi) is 3.36. The average Bonchev–Trinajstić information content (AvgIpc) is 2.63. The van der Waals surface area contributed by atoms with Crippen LogP contribution in [0.25, 0.3) is 0 Å². The van der Waals surface area contributed by atoms with Gasteiger partial charge in [0, 0.05) is 26.3 Å². The van der Waals surface area contributed by atoms with Crippen LogP contribution < -0.4 is 5.73 Å². The molecule has 1 fully saturated rings. The molecule has 1 saturated carbocycles. The number of aryl methyl sites for hydroxylation is 1. The highest BCUT2D eigenvalue weighted by atomic mass is 16.2. The third-order valence-corrected chi connectivity index (χ3v) is 3.42. The van der Waals surface area contributed by atoms with Crippen molar-refractivity contribution < 1.29 is 4.79 Å². The molecule has 1 aromatic rings. The van der Waals surface area contributed by atoms with Crippen molar-refractivity contribution in [2.24, 2.45) is 5.92 Å². The van der Waals surface area contributed by atoms with Gasteiger partial charge in [-0.2, -0.15) is 5.10 Å². The molecule has 0 aliphatic heterocycles. The molecule has 1 aliphatic rings. The second-order valence-electron chi connectivity index (χ2n) is 4.77. The molecule has 0 radical (unpaired) electrons. The zero-order chi connectivity index (χ0) is 12.4. The van der Waals surface area contributed by atoms with Gasteiger partial charge >= 0.3 is 0 Å². The summed E-state index contributed by atoms with van der Waals surface area (Å²) < 4.78 is 1.69. The van der Waals surface area contributed by atoms with Gasteiger partial charge in [0.15, 0.2) is 5.69 Å². The maximum Gasteiger partial charge on any atom is 0.276 e. The van der Waals surface area contributed by atoms with Crippen molar-refractivity contribution in [1.29, 1.82) is 0 Å². The summed E-state index contributed by atoms with van der Waals surface area (Å²) in [4.78, 5) is 13.9. The minimum Gasteiger partial charge on any atom is -0.396 e. The highest BCUT2D eigenvalue weighted by Crippen LogP contribution is 2.27. The van der Waals surface area contributed by atoms with Gasteiger partial charge < -0.3 is 10.6 Å². The van der Waals surface area contributed by atoms with Gasteiger partial charge in [-0.25, -0.2) is 0 Å². The van der Waals surface area contributed by atoms with Gasteiger partial charge in [-0.3, -0.25) is 9.48 Å². The van der Waals surface area contributed by atoms with Crippen LogP contribution in [0.15, 0.2) is 6.20 Å². The van der Waals surface area contributed by atoms with E-state index in [2.05, 4.69) is 5.10 Å². The van der Waals surface area contributed by atoms with E-state index >= 15 is 0 Å². The number of hydrogen-bond acceptors (Lipinski definition) is 3. The van der Waals surface area contributed by atoms with Crippen LogP contribution in [0.2, 0.25) is 0 Å². The molecule has 2 rings (SSSR count). The fourth-order valence-corrected chi connectivity index (χ4v) is 2.09. The second kappa shape index (κ2) is 4.77. The molecule has 0 unspecified atom stereocenters. The van der Waals surface area contributed by atoms with Crippen molar-refractivity contribution in [2.45, 2.75) is 32.7 Å². The first kappa shape index (κ1) is 12.0. The van der Waals surface area contributed by atoms with Crippen molar-refractivity contribution >= 4 is 11.6 Å². The van der Waals surface area contributed by atoms with Crippen molar-refractivity contribution in [3.63, 3.8) is 0 Å². The van der Waals surface area contributed by atoms with E-state index in [1.54, 1.807) is 15.8 Å².